The standard InChI is InChI=1S/C12H17NO4S2/c1-2-17-12(14)13-6-5-11(10-4-3-8-18-10)19(15,16)9-7-13/h3-4,8,11H,2,5-7,9H2,1H3. The molecule has 1 unspecified atom stereocenters. The lowest BCUT2D eigenvalue weighted by atomic mass is 10.2. The van der Waals surface area contributed by atoms with Gasteiger partial charge < -0.3 is 9.64 Å². The van der Waals surface area contributed by atoms with Gasteiger partial charge in [0, 0.05) is 18.0 Å². The van der Waals surface area contributed by atoms with E-state index >= 15 is 0 Å². The Hall–Kier alpha value is -1.08. The molecule has 106 valence electrons. The van der Waals surface area contributed by atoms with Crippen LogP contribution in [0.2, 0.25) is 0 Å². The van der Waals surface area contributed by atoms with E-state index < -0.39 is 21.2 Å². The molecule has 2 rings (SSSR count). The van der Waals surface area contributed by atoms with Crippen LogP contribution in [0.25, 0.3) is 0 Å². The van der Waals surface area contributed by atoms with Gasteiger partial charge in [-0.2, -0.15) is 0 Å². The Kier molecular flexibility index (Phi) is 4.46. The second-order valence-electron chi connectivity index (χ2n) is 4.35. The molecule has 2 heterocycles. The Morgan fingerprint density at radius 2 is 2.32 bits per heavy atom. The van der Waals surface area contributed by atoms with Crippen LogP contribution in [0.15, 0.2) is 17.5 Å². The molecule has 1 aromatic rings. The summed E-state index contributed by atoms with van der Waals surface area (Å²) in [6.45, 7) is 2.67. The molecule has 19 heavy (non-hydrogen) atoms. The second-order valence-corrected chi connectivity index (χ2v) is 7.63. The lowest BCUT2D eigenvalue weighted by Gasteiger charge is -2.18. The minimum absolute atomic E-state index is 0.00557. The van der Waals surface area contributed by atoms with Crippen LogP contribution in [0.4, 0.5) is 4.79 Å². The zero-order valence-corrected chi connectivity index (χ0v) is 12.4. The first-order valence-corrected chi connectivity index (χ1v) is 8.80. The van der Waals surface area contributed by atoms with E-state index in [1.165, 1.54) is 16.2 Å². The maximum Gasteiger partial charge on any atom is 0.409 e. The number of carbonyl (C=O) groups excluding carboxylic acids is 1. The van der Waals surface area contributed by atoms with Gasteiger partial charge in [-0.1, -0.05) is 6.07 Å². The van der Waals surface area contributed by atoms with Crippen molar-refractivity contribution < 1.29 is 17.9 Å². The average molecular weight is 303 g/mol. The van der Waals surface area contributed by atoms with E-state index in [1.54, 1.807) is 6.92 Å². The minimum Gasteiger partial charge on any atom is -0.450 e. The first kappa shape index (κ1) is 14.3. The van der Waals surface area contributed by atoms with Crippen molar-refractivity contribution in [3.05, 3.63) is 22.4 Å². The maximum atomic E-state index is 12.3. The molecule has 5 nitrogen and oxygen atoms in total. The molecule has 0 N–H and O–H groups in total. The number of thiophene rings is 1. The van der Waals surface area contributed by atoms with Crippen LogP contribution in [0, 0.1) is 0 Å². The van der Waals surface area contributed by atoms with Crippen molar-refractivity contribution in [1.82, 2.24) is 4.90 Å². The van der Waals surface area contributed by atoms with Crippen molar-refractivity contribution in [1.29, 1.82) is 0 Å². The monoisotopic (exact) mass is 303 g/mol. The second kappa shape index (κ2) is 5.92. The van der Waals surface area contributed by atoms with Crippen LogP contribution in [0.1, 0.15) is 23.5 Å². The molecule has 0 saturated carbocycles. The number of carbonyl (C=O) groups is 1. The van der Waals surface area contributed by atoms with E-state index in [-0.39, 0.29) is 12.3 Å². The molecule has 0 aliphatic carbocycles. The van der Waals surface area contributed by atoms with Crippen molar-refractivity contribution >= 4 is 27.3 Å². The highest BCUT2D eigenvalue weighted by Gasteiger charge is 2.33. The number of hydrogen-bond donors (Lipinski definition) is 0. The molecule has 0 bridgehead atoms. The van der Waals surface area contributed by atoms with E-state index in [1.807, 2.05) is 17.5 Å². The van der Waals surface area contributed by atoms with Gasteiger partial charge >= 0.3 is 6.09 Å². The van der Waals surface area contributed by atoms with E-state index in [2.05, 4.69) is 0 Å². The zero-order chi connectivity index (χ0) is 13.9. The normalized spacial score (nSPS) is 22.8. The molecular weight excluding hydrogens is 286 g/mol. The third kappa shape index (κ3) is 3.27. The van der Waals surface area contributed by atoms with E-state index in [0.29, 0.717) is 19.6 Å². The van der Waals surface area contributed by atoms with Gasteiger partial charge in [0.2, 0.25) is 0 Å². The molecule has 1 aromatic heterocycles. The van der Waals surface area contributed by atoms with Crippen LogP contribution in [0.3, 0.4) is 0 Å². The lowest BCUT2D eigenvalue weighted by molar-refractivity contribution is 0.110. The molecule has 1 aliphatic rings. The molecular formula is C12H17NO4S2. The first-order valence-electron chi connectivity index (χ1n) is 6.21. The van der Waals surface area contributed by atoms with E-state index in [4.69, 9.17) is 4.74 Å². The Morgan fingerprint density at radius 1 is 1.53 bits per heavy atom. The van der Waals surface area contributed by atoms with Crippen molar-refractivity contribution in [2.24, 2.45) is 0 Å². The van der Waals surface area contributed by atoms with Gasteiger partial charge in [0.05, 0.1) is 17.6 Å². The fourth-order valence-electron chi connectivity index (χ4n) is 2.14. The summed E-state index contributed by atoms with van der Waals surface area (Å²) in [6.07, 6.45) is 0.00584. The third-order valence-corrected chi connectivity index (χ3v) is 6.37. The van der Waals surface area contributed by atoms with E-state index in [9.17, 15) is 13.2 Å². The summed E-state index contributed by atoms with van der Waals surface area (Å²) in [5.74, 6) is -0.00557. The molecule has 1 aliphatic heterocycles. The fourth-order valence-corrected chi connectivity index (χ4v) is 5.14. The molecule has 7 heteroatoms. The summed E-state index contributed by atoms with van der Waals surface area (Å²) in [7, 11) is -3.20. The van der Waals surface area contributed by atoms with E-state index in [0.717, 1.165) is 4.88 Å². The lowest BCUT2D eigenvalue weighted by Crippen LogP contribution is -2.34. The van der Waals surface area contributed by atoms with Crippen LogP contribution in [0.5, 0.6) is 0 Å². The number of hydrogen-bond acceptors (Lipinski definition) is 5. The van der Waals surface area contributed by atoms with Crippen molar-refractivity contribution in [3.63, 3.8) is 0 Å². The number of ether oxygens (including phenoxy) is 1. The summed E-state index contributed by atoms with van der Waals surface area (Å²) in [6, 6.07) is 3.69. The quantitative estimate of drug-likeness (QED) is 0.839. The Balaban J connectivity index is 2.15. The van der Waals surface area contributed by atoms with Gasteiger partial charge in [-0.3, -0.25) is 0 Å². The van der Waals surface area contributed by atoms with Crippen LogP contribution in [-0.2, 0) is 14.6 Å². The molecule has 1 atom stereocenters. The summed E-state index contributed by atoms with van der Waals surface area (Å²) in [5, 5.41) is 1.38. The molecule has 0 aromatic carbocycles. The largest absolute Gasteiger partial charge is 0.450 e. The summed E-state index contributed by atoms with van der Waals surface area (Å²) >= 11 is 1.45. The number of rotatable bonds is 2. The Morgan fingerprint density at radius 3 is 2.95 bits per heavy atom. The van der Waals surface area contributed by atoms with Crippen molar-refractivity contribution in [2.45, 2.75) is 18.6 Å². The van der Waals surface area contributed by atoms with Gasteiger partial charge in [-0.25, -0.2) is 13.2 Å². The molecule has 0 radical (unpaired) electrons. The Bertz CT molecular complexity index is 524. The Labute approximate surface area is 117 Å². The zero-order valence-electron chi connectivity index (χ0n) is 10.7. The highest BCUT2D eigenvalue weighted by atomic mass is 32.2. The highest BCUT2D eigenvalue weighted by molar-refractivity contribution is 7.91. The van der Waals surface area contributed by atoms with Crippen LogP contribution >= 0.6 is 11.3 Å². The van der Waals surface area contributed by atoms with Gasteiger partial charge in [-0.05, 0) is 24.8 Å². The van der Waals surface area contributed by atoms with Gasteiger partial charge in [0.15, 0.2) is 9.84 Å². The topological polar surface area (TPSA) is 63.7 Å². The van der Waals surface area contributed by atoms with Gasteiger partial charge in [-0.15, -0.1) is 11.3 Å². The molecule has 1 fully saturated rings. The summed E-state index contributed by atoms with van der Waals surface area (Å²) < 4.78 is 29.4. The summed E-state index contributed by atoms with van der Waals surface area (Å²) in [5.41, 5.74) is 0. The predicted octanol–water partition coefficient (Wildman–Crippen LogP) is 2.07. The van der Waals surface area contributed by atoms with Crippen molar-refractivity contribution in [3.8, 4) is 0 Å². The molecule has 1 saturated heterocycles. The van der Waals surface area contributed by atoms with Crippen molar-refractivity contribution in [2.75, 3.05) is 25.4 Å². The minimum atomic E-state index is -3.20. The average Bonchev–Trinajstić information content (AvgIpc) is 2.81. The van der Waals surface area contributed by atoms with Gasteiger partial charge in [0.1, 0.15) is 0 Å². The smallest absolute Gasteiger partial charge is 0.409 e. The molecule has 0 spiro atoms. The summed E-state index contributed by atoms with van der Waals surface area (Å²) in [4.78, 5) is 14.0. The first-order chi connectivity index (χ1) is 9.04. The number of nitrogens with zero attached hydrogens (tertiary/aromatic N) is 1. The molecule has 1 amide bonds. The van der Waals surface area contributed by atoms with Gasteiger partial charge in [0.25, 0.3) is 0 Å². The number of sulfone groups is 1. The predicted molar refractivity (Wildman–Crippen MR) is 74.1 cm³/mol. The maximum absolute atomic E-state index is 12.3. The van der Waals surface area contributed by atoms with Crippen LogP contribution < -0.4 is 0 Å². The third-order valence-electron chi connectivity index (χ3n) is 3.13. The fraction of sp³-hybridized carbons (Fsp3) is 0.583. The highest BCUT2D eigenvalue weighted by Crippen LogP contribution is 2.32. The SMILES string of the molecule is CCOC(=O)N1CCC(c2cccs2)S(=O)(=O)CC1. The number of amides is 1. The van der Waals surface area contributed by atoms with Crippen LogP contribution in [-0.4, -0.2) is 44.9 Å².